The van der Waals surface area contributed by atoms with Gasteiger partial charge in [0.25, 0.3) is 0 Å². The van der Waals surface area contributed by atoms with Crippen molar-refractivity contribution in [1.82, 2.24) is 9.97 Å². The van der Waals surface area contributed by atoms with E-state index in [1.54, 1.807) is 30.3 Å². The molecule has 0 bridgehead atoms. The van der Waals surface area contributed by atoms with Crippen LogP contribution in [0.5, 0.6) is 5.88 Å². The molecule has 100 valence electrons. The van der Waals surface area contributed by atoms with Gasteiger partial charge < -0.3 is 9.64 Å². The zero-order chi connectivity index (χ0) is 13.8. The van der Waals surface area contributed by atoms with Gasteiger partial charge >= 0.3 is 0 Å². The minimum atomic E-state index is -0.431. The number of aromatic nitrogens is 2. The zero-order valence-corrected chi connectivity index (χ0v) is 11.4. The highest BCUT2D eigenvalue weighted by molar-refractivity contribution is 6.30. The highest BCUT2D eigenvalue weighted by atomic mass is 35.5. The Labute approximate surface area is 115 Å². The Hall–Kier alpha value is -1.88. The van der Waals surface area contributed by atoms with Crippen LogP contribution in [0.3, 0.4) is 0 Å². The maximum atomic E-state index is 13.3. The lowest BCUT2D eigenvalue weighted by atomic mass is 10.2. The fourth-order valence-electron chi connectivity index (χ4n) is 1.61. The molecule has 0 spiro atoms. The second-order valence-electron chi connectivity index (χ2n) is 4.00. The molecule has 4 nitrogen and oxygen atoms in total. The van der Waals surface area contributed by atoms with Gasteiger partial charge in [0.1, 0.15) is 5.82 Å². The van der Waals surface area contributed by atoms with Crippen LogP contribution >= 0.6 is 11.6 Å². The molecule has 0 aliphatic heterocycles. The molecule has 2 rings (SSSR count). The number of ether oxygens (including phenoxy) is 1. The second-order valence-corrected chi connectivity index (χ2v) is 4.41. The first kappa shape index (κ1) is 13.5. The van der Waals surface area contributed by atoms with Crippen molar-refractivity contribution in [2.45, 2.75) is 6.54 Å². The molecule has 0 fully saturated rings. The lowest BCUT2D eigenvalue weighted by molar-refractivity contribution is 0.397. The van der Waals surface area contributed by atoms with Gasteiger partial charge in [0.2, 0.25) is 11.8 Å². The number of methoxy groups -OCH3 is 1. The van der Waals surface area contributed by atoms with E-state index in [1.165, 1.54) is 12.1 Å². The van der Waals surface area contributed by atoms with Crippen molar-refractivity contribution in [2.75, 3.05) is 19.1 Å². The highest BCUT2D eigenvalue weighted by Crippen LogP contribution is 2.18. The van der Waals surface area contributed by atoms with Crippen LogP contribution in [-0.4, -0.2) is 24.1 Å². The largest absolute Gasteiger partial charge is 0.481 e. The maximum absolute atomic E-state index is 13.3. The Bertz CT molecular complexity index is 580. The second kappa shape index (κ2) is 5.84. The van der Waals surface area contributed by atoms with Crippen LogP contribution < -0.4 is 9.64 Å². The van der Waals surface area contributed by atoms with Crippen LogP contribution in [0, 0.1) is 5.82 Å². The van der Waals surface area contributed by atoms with Crippen LogP contribution in [0.1, 0.15) is 5.56 Å². The summed E-state index contributed by atoms with van der Waals surface area (Å²) in [6.45, 7) is 0.473. The average molecular weight is 282 g/mol. The fourth-order valence-corrected chi connectivity index (χ4v) is 1.73. The fraction of sp³-hybridized carbons (Fsp3) is 0.231. The number of anilines is 1. The summed E-state index contributed by atoms with van der Waals surface area (Å²) in [6, 6.07) is 6.37. The van der Waals surface area contributed by atoms with Crippen LogP contribution in [-0.2, 0) is 6.54 Å². The van der Waals surface area contributed by atoms with E-state index in [0.717, 1.165) is 5.56 Å². The van der Waals surface area contributed by atoms with E-state index in [-0.39, 0.29) is 5.02 Å². The van der Waals surface area contributed by atoms with Gasteiger partial charge in [-0.25, -0.2) is 9.37 Å². The lowest BCUT2D eigenvalue weighted by Crippen LogP contribution is -2.19. The summed E-state index contributed by atoms with van der Waals surface area (Å²) in [6.07, 6.45) is 1.61. The predicted molar refractivity (Wildman–Crippen MR) is 72.1 cm³/mol. The van der Waals surface area contributed by atoms with E-state index in [9.17, 15) is 4.39 Å². The monoisotopic (exact) mass is 281 g/mol. The molecule has 0 N–H and O–H groups in total. The molecule has 19 heavy (non-hydrogen) atoms. The topological polar surface area (TPSA) is 38.2 Å². The first-order chi connectivity index (χ1) is 9.10. The molecule has 0 atom stereocenters. The van der Waals surface area contributed by atoms with Gasteiger partial charge in [-0.2, -0.15) is 4.98 Å². The van der Waals surface area contributed by atoms with E-state index in [0.29, 0.717) is 18.4 Å². The lowest BCUT2D eigenvalue weighted by Gasteiger charge is -2.17. The first-order valence-electron chi connectivity index (χ1n) is 5.62. The van der Waals surface area contributed by atoms with Gasteiger partial charge in [-0.05, 0) is 17.7 Å². The molecule has 0 radical (unpaired) electrons. The van der Waals surface area contributed by atoms with Crippen molar-refractivity contribution in [3.8, 4) is 5.88 Å². The van der Waals surface area contributed by atoms with Crippen molar-refractivity contribution < 1.29 is 9.13 Å². The van der Waals surface area contributed by atoms with E-state index in [4.69, 9.17) is 16.3 Å². The molecule has 0 saturated carbocycles. The van der Waals surface area contributed by atoms with Gasteiger partial charge in [-0.15, -0.1) is 0 Å². The molecule has 0 aliphatic rings. The highest BCUT2D eigenvalue weighted by Gasteiger charge is 2.08. The molecule has 0 unspecified atom stereocenters. The Balaban J connectivity index is 2.15. The zero-order valence-electron chi connectivity index (χ0n) is 10.6. The molecule has 1 heterocycles. The van der Waals surface area contributed by atoms with Gasteiger partial charge in [0, 0.05) is 25.9 Å². The van der Waals surface area contributed by atoms with Gasteiger partial charge in [0.15, 0.2) is 0 Å². The smallest absolute Gasteiger partial charge is 0.228 e. The molecular formula is C13H13ClFN3O. The summed E-state index contributed by atoms with van der Waals surface area (Å²) in [4.78, 5) is 10.1. The van der Waals surface area contributed by atoms with E-state index in [1.807, 2.05) is 7.05 Å². The third kappa shape index (κ3) is 3.32. The van der Waals surface area contributed by atoms with Crippen molar-refractivity contribution in [3.63, 3.8) is 0 Å². The summed E-state index contributed by atoms with van der Waals surface area (Å²) in [5.74, 6) is 0.563. The minimum absolute atomic E-state index is 0.115. The molecule has 0 saturated heterocycles. The summed E-state index contributed by atoms with van der Waals surface area (Å²) in [5.41, 5.74) is 0.788. The molecule has 1 aromatic carbocycles. The van der Waals surface area contributed by atoms with E-state index in [2.05, 4.69) is 9.97 Å². The number of benzene rings is 1. The Morgan fingerprint density at radius 3 is 2.84 bits per heavy atom. The Kier molecular flexibility index (Phi) is 4.16. The van der Waals surface area contributed by atoms with Gasteiger partial charge in [-0.1, -0.05) is 17.7 Å². The number of hydrogen-bond donors (Lipinski definition) is 0. The van der Waals surface area contributed by atoms with Crippen molar-refractivity contribution in [3.05, 3.63) is 46.9 Å². The number of rotatable bonds is 4. The summed E-state index contributed by atoms with van der Waals surface area (Å²) in [5, 5.41) is 0.115. The first-order valence-corrected chi connectivity index (χ1v) is 6.00. The summed E-state index contributed by atoms with van der Waals surface area (Å²) >= 11 is 5.64. The van der Waals surface area contributed by atoms with E-state index >= 15 is 0 Å². The van der Waals surface area contributed by atoms with E-state index < -0.39 is 5.82 Å². The van der Waals surface area contributed by atoms with Crippen LogP contribution in [0.25, 0.3) is 0 Å². The number of hydrogen-bond acceptors (Lipinski definition) is 4. The Morgan fingerprint density at radius 1 is 1.37 bits per heavy atom. The van der Waals surface area contributed by atoms with Gasteiger partial charge in [0.05, 0.1) is 12.1 Å². The van der Waals surface area contributed by atoms with Crippen molar-refractivity contribution in [1.29, 1.82) is 0 Å². The Morgan fingerprint density at radius 2 is 2.16 bits per heavy atom. The predicted octanol–water partition coefficient (Wildman–Crippen LogP) is 2.91. The third-order valence-electron chi connectivity index (χ3n) is 2.57. The minimum Gasteiger partial charge on any atom is -0.481 e. The molecule has 0 aliphatic carbocycles. The molecule has 2 aromatic rings. The standard InChI is InChI=1S/C13H13ClFN3O/c1-18(13-16-6-5-12(17-13)19-2)8-9-3-4-10(14)11(15)7-9/h3-7H,8H2,1-2H3. The molecule has 0 amide bonds. The van der Waals surface area contributed by atoms with Gasteiger partial charge in [-0.3, -0.25) is 0 Å². The normalized spacial score (nSPS) is 10.3. The average Bonchev–Trinajstić information content (AvgIpc) is 2.43. The van der Waals surface area contributed by atoms with Crippen LogP contribution in [0.4, 0.5) is 10.3 Å². The third-order valence-corrected chi connectivity index (χ3v) is 2.88. The quantitative estimate of drug-likeness (QED) is 0.864. The maximum Gasteiger partial charge on any atom is 0.228 e. The van der Waals surface area contributed by atoms with Crippen molar-refractivity contribution >= 4 is 17.5 Å². The SMILES string of the molecule is COc1ccnc(N(C)Cc2ccc(Cl)c(F)c2)n1. The molecular weight excluding hydrogens is 269 g/mol. The van der Waals surface area contributed by atoms with Crippen LogP contribution in [0.15, 0.2) is 30.5 Å². The van der Waals surface area contributed by atoms with Crippen molar-refractivity contribution in [2.24, 2.45) is 0 Å². The van der Waals surface area contributed by atoms with Crippen LogP contribution in [0.2, 0.25) is 5.02 Å². The molecule has 1 aromatic heterocycles. The number of nitrogens with zero attached hydrogens (tertiary/aromatic N) is 3. The summed E-state index contributed by atoms with van der Waals surface area (Å²) in [7, 11) is 3.36. The number of halogens is 2. The summed E-state index contributed by atoms with van der Waals surface area (Å²) < 4.78 is 18.4. The molecule has 6 heteroatoms.